The van der Waals surface area contributed by atoms with Crippen molar-refractivity contribution < 1.29 is 14.1 Å². The quantitative estimate of drug-likeness (QED) is 0.576. The van der Waals surface area contributed by atoms with Crippen LogP contribution in [0.5, 0.6) is 0 Å². The Balaban J connectivity index is 1.36. The van der Waals surface area contributed by atoms with Gasteiger partial charge in [-0.2, -0.15) is 4.98 Å². The molecular formula is C21H27N5O3S. The molecule has 4 heterocycles. The molecule has 3 aromatic rings. The molecule has 160 valence electrons. The number of esters is 1. The fourth-order valence-electron chi connectivity index (χ4n) is 3.60. The molecule has 0 saturated carbocycles. The van der Waals surface area contributed by atoms with Gasteiger partial charge in [-0.05, 0) is 32.3 Å². The molecule has 9 heteroatoms. The van der Waals surface area contributed by atoms with Gasteiger partial charge in [0, 0.05) is 23.4 Å². The van der Waals surface area contributed by atoms with Gasteiger partial charge in [-0.1, -0.05) is 25.9 Å². The molecule has 0 unspecified atom stereocenters. The zero-order valence-corrected chi connectivity index (χ0v) is 18.9. The van der Waals surface area contributed by atoms with E-state index in [1.165, 1.54) is 10.4 Å². The molecule has 0 aromatic carbocycles. The van der Waals surface area contributed by atoms with Crippen molar-refractivity contribution in [1.82, 2.24) is 20.1 Å². The van der Waals surface area contributed by atoms with Crippen LogP contribution in [0.1, 0.15) is 55.8 Å². The van der Waals surface area contributed by atoms with Gasteiger partial charge >= 0.3 is 5.97 Å². The molecule has 1 aliphatic rings. The normalized spacial score (nSPS) is 15.7. The molecule has 0 radical (unpaired) electrons. The van der Waals surface area contributed by atoms with Crippen molar-refractivity contribution in [1.29, 1.82) is 0 Å². The summed E-state index contributed by atoms with van der Waals surface area (Å²) < 4.78 is 10.6. The Hall–Kier alpha value is -2.55. The second-order valence-corrected chi connectivity index (χ2v) is 9.99. The molecule has 0 amide bonds. The van der Waals surface area contributed by atoms with E-state index in [2.05, 4.69) is 38.9 Å². The molecular weight excluding hydrogens is 402 g/mol. The predicted molar refractivity (Wildman–Crippen MR) is 115 cm³/mol. The maximum atomic E-state index is 12.5. The summed E-state index contributed by atoms with van der Waals surface area (Å²) in [5, 5.41) is 5.09. The van der Waals surface area contributed by atoms with Gasteiger partial charge < -0.3 is 14.2 Å². The highest BCUT2D eigenvalue weighted by atomic mass is 32.1. The number of carbonyl (C=O) groups is 1. The van der Waals surface area contributed by atoms with Gasteiger partial charge in [0.25, 0.3) is 5.89 Å². The highest BCUT2D eigenvalue weighted by molar-refractivity contribution is 7.18. The summed E-state index contributed by atoms with van der Waals surface area (Å²) in [7, 11) is 0. The molecule has 1 aliphatic heterocycles. The van der Waals surface area contributed by atoms with Crippen LogP contribution in [0.15, 0.2) is 10.9 Å². The van der Waals surface area contributed by atoms with Gasteiger partial charge in [-0.25, -0.2) is 9.97 Å². The van der Waals surface area contributed by atoms with E-state index in [4.69, 9.17) is 9.26 Å². The smallest absolute Gasteiger partial charge is 0.309 e. The Morgan fingerprint density at radius 1 is 1.27 bits per heavy atom. The van der Waals surface area contributed by atoms with Gasteiger partial charge in [0.05, 0.1) is 11.3 Å². The number of ether oxygens (including phenoxy) is 1. The largest absolute Gasteiger partial charge is 0.455 e. The van der Waals surface area contributed by atoms with Gasteiger partial charge in [0.2, 0.25) is 0 Å². The second kappa shape index (κ2) is 7.94. The molecule has 0 aliphatic carbocycles. The van der Waals surface area contributed by atoms with Gasteiger partial charge in [-0.3, -0.25) is 4.79 Å². The van der Waals surface area contributed by atoms with E-state index in [0.717, 1.165) is 42.0 Å². The Bertz CT molecular complexity index is 1060. The maximum absolute atomic E-state index is 12.5. The maximum Gasteiger partial charge on any atom is 0.309 e. The Kier molecular flexibility index (Phi) is 5.48. The average molecular weight is 430 g/mol. The number of anilines is 1. The Labute approximate surface area is 179 Å². The van der Waals surface area contributed by atoms with E-state index in [0.29, 0.717) is 11.7 Å². The standard InChI is InChI=1S/C21H27N5O3S/c1-12-13(2)30-18-16(12)17(22-11-23-18)26-8-6-14(7-9-26)19(27)28-10-15-24-20(25-29-15)21(3,4)5/h11,14H,6-10H2,1-5H3. The highest BCUT2D eigenvalue weighted by Gasteiger charge is 2.29. The average Bonchev–Trinajstić information content (AvgIpc) is 3.31. The first-order chi connectivity index (χ1) is 14.2. The predicted octanol–water partition coefficient (Wildman–Crippen LogP) is 3.95. The molecule has 0 N–H and O–H groups in total. The van der Waals surface area contributed by atoms with Crippen LogP contribution in [0.2, 0.25) is 0 Å². The first-order valence-electron chi connectivity index (χ1n) is 10.2. The molecule has 0 bridgehead atoms. The molecule has 30 heavy (non-hydrogen) atoms. The summed E-state index contributed by atoms with van der Waals surface area (Å²) in [6, 6.07) is 0. The third-order valence-corrected chi connectivity index (χ3v) is 6.67. The van der Waals surface area contributed by atoms with Crippen molar-refractivity contribution in [2.24, 2.45) is 5.92 Å². The zero-order chi connectivity index (χ0) is 21.5. The number of aryl methyl sites for hydroxylation is 2. The minimum Gasteiger partial charge on any atom is -0.455 e. The number of nitrogens with zero attached hydrogens (tertiary/aromatic N) is 5. The number of piperidine rings is 1. The number of fused-ring (bicyclic) bond motifs is 1. The summed E-state index contributed by atoms with van der Waals surface area (Å²) in [5.74, 6) is 1.57. The summed E-state index contributed by atoms with van der Waals surface area (Å²) >= 11 is 1.70. The first kappa shape index (κ1) is 20.7. The first-order valence-corrected chi connectivity index (χ1v) is 11.0. The van der Waals surface area contributed by atoms with Crippen molar-refractivity contribution in [3.63, 3.8) is 0 Å². The minimum atomic E-state index is -0.208. The van der Waals surface area contributed by atoms with E-state index in [1.54, 1.807) is 17.7 Å². The fraction of sp³-hybridized carbons (Fsp3) is 0.571. The lowest BCUT2D eigenvalue weighted by Gasteiger charge is -2.32. The number of hydrogen-bond donors (Lipinski definition) is 0. The monoisotopic (exact) mass is 429 g/mol. The van der Waals surface area contributed by atoms with E-state index >= 15 is 0 Å². The van der Waals surface area contributed by atoms with Crippen LogP contribution in [-0.2, 0) is 21.6 Å². The Morgan fingerprint density at radius 3 is 2.67 bits per heavy atom. The SMILES string of the molecule is Cc1sc2ncnc(N3CCC(C(=O)OCc4nc(C(C)(C)C)no4)CC3)c2c1C. The number of thiophene rings is 1. The van der Waals surface area contributed by atoms with Crippen molar-refractivity contribution in [2.45, 2.75) is 59.5 Å². The third-order valence-electron chi connectivity index (χ3n) is 5.55. The van der Waals surface area contributed by atoms with Gasteiger partial charge in [-0.15, -0.1) is 11.3 Å². The number of rotatable bonds is 4. The summed E-state index contributed by atoms with van der Waals surface area (Å²) in [4.78, 5) is 30.3. The molecule has 4 rings (SSSR count). The van der Waals surface area contributed by atoms with Crippen LogP contribution >= 0.6 is 11.3 Å². The van der Waals surface area contributed by atoms with Crippen molar-refractivity contribution in [2.75, 3.05) is 18.0 Å². The summed E-state index contributed by atoms with van der Waals surface area (Å²) in [5.41, 5.74) is 1.03. The van der Waals surface area contributed by atoms with Crippen molar-refractivity contribution in [3.8, 4) is 0 Å². The molecule has 1 fully saturated rings. The van der Waals surface area contributed by atoms with E-state index < -0.39 is 0 Å². The highest BCUT2D eigenvalue weighted by Crippen LogP contribution is 2.35. The molecule has 3 aromatic heterocycles. The fourth-order valence-corrected chi connectivity index (χ4v) is 4.59. The van der Waals surface area contributed by atoms with Crippen LogP contribution in [-0.4, -0.2) is 39.2 Å². The van der Waals surface area contributed by atoms with Gasteiger partial charge in [0.1, 0.15) is 17.0 Å². The molecule has 0 spiro atoms. The summed E-state index contributed by atoms with van der Waals surface area (Å²) in [6.07, 6.45) is 3.08. The molecule has 8 nitrogen and oxygen atoms in total. The van der Waals surface area contributed by atoms with Crippen LogP contribution in [0.4, 0.5) is 5.82 Å². The summed E-state index contributed by atoms with van der Waals surface area (Å²) in [6.45, 7) is 11.8. The topological polar surface area (TPSA) is 94.2 Å². The Morgan fingerprint density at radius 2 is 2.00 bits per heavy atom. The van der Waals surface area contributed by atoms with Crippen LogP contribution in [0.25, 0.3) is 10.2 Å². The van der Waals surface area contributed by atoms with Crippen molar-refractivity contribution >= 4 is 33.3 Å². The third kappa shape index (κ3) is 4.03. The number of hydrogen-bond acceptors (Lipinski definition) is 9. The van der Waals surface area contributed by atoms with Crippen LogP contribution in [0, 0.1) is 19.8 Å². The minimum absolute atomic E-state index is 0.0159. The van der Waals surface area contributed by atoms with E-state index in [1.807, 2.05) is 20.8 Å². The molecule has 1 saturated heterocycles. The van der Waals surface area contributed by atoms with Crippen molar-refractivity contribution in [3.05, 3.63) is 28.5 Å². The lowest BCUT2D eigenvalue weighted by Crippen LogP contribution is -2.37. The number of aromatic nitrogens is 4. The zero-order valence-electron chi connectivity index (χ0n) is 18.1. The lowest BCUT2D eigenvalue weighted by atomic mass is 9.96. The van der Waals surface area contributed by atoms with Crippen LogP contribution < -0.4 is 4.90 Å². The second-order valence-electron chi connectivity index (χ2n) is 8.79. The molecule has 0 atom stereocenters. The van der Waals surface area contributed by atoms with Gasteiger partial charge in [0.15, 0.2) is 12.4 Å². The lowest BCUT2D eigenvalue weighted by molar-refractivity contribution is -0.151. The van der Waals surface area contributed by atoms with E-state index in [9.17, 15) is 4.79 Å². The number of carbonyl (C=O) groups excluding carboxylic acids is 1. The van der Waals surface area contributed by atoms with E-state index in [-0.39, 0.29) is 23.9 Å². The van der Waals surface area contributed by atoms with Crippen LogP contribution in [0.3, 0.4) is 0 Å².